The molecule has 0 unspecified atom stereocenters. The van der Waals surface area contributed by atoms with E-state index in [1.807, 2.05) is 44.2 Å². The predicted molar refractivity (Wildman–Crippen MR) is 71.0 cm³/mol. The summed E-state index contributed by atoms with van der Waals surface area (Å²) in [7, 11) is 0. The van der Waals surface area contributed by atoms with E-state index in [2.05, 4.69) is 4.98 Å². The summed E-state index contributed by atoms with van der Waals surface area (Å²) in [6.07, 6.45) is 3.84. The van der Waals surface area contributed by atoms with Crippen LogP contribution in [0.4, 0.5) is 0 Å². The first-order valence-electron chi connectivity index (χ1n) is 5.74. The molecule has 0 saturated carbocycles. The van der Waals surface area contributed by atoms with E-state index in [1.165, 1.54) is 0 Å². The minimum Gasteiger partial charge on any atom is -0.327 e. The van der Waals surface area contributed by atoms with E-state index in [0.29, 0.717) is 6.54 Å². The van der Waals surface area contributed by atoms with Crippen LogP contribution in [0, 0.1) is 0 Å². The second kappa shape index (κ2) is 4.59. The third-order valence-electron chi connectivity index (χ3n) is 2.70. The van der Waals surface area contributed by atoms with Gasteiger partial charge in [-0.2, -0.15) is 0 Å². The Labute approximate surface area is 99.8 Å². The molecule has 0 saturated heterocycles. The fraction of sp³-hybridized carbons (Fsp3) is 0.308. The van der Waals surface area contributed by atoms with Crippen molar-refractivity contribution in [1.82, 2.24) is 9.55 Å². The fourth-order valence-corrected chi connectivity index (χ4v) is 1.97. The number of benzene rings is 1. The van der Waals surface area contributed by atoms with Crippen molar-refractivity contribution in [2.45, 2.75) is 19.9 Å². The Balaban J connectivity index is 2.58. The fourth-order valence-electron chi connectivity index (χ4n) is 1.97. The normalized spacial score (nSPS) is 12.0. The van der Waals surface area contributed by atoms with E-state index in [9.17, 15) is 4.79 Å². The molecule has 2 rings (SSSR count). The molecule has 0 aliphatic heterocycles. The number of hydrogen-bond acceptors (Lipinski definition) is 2. The number of nitrogens with two attached hydrogens (primary N) is 1. The SMILES string of the molecule is CC(C)n1c(=O)[nH]c2cc(/C=C/CN)ccc21. The van der Waals surface area contributed by atoms with Crippen LogP contribution in [0.2, 0.25) is 0 Å². The highest BCUT2D eigenvalue weighted by Gasteiger charge is 2.08. The molecule has 0 fully saturated rings. The molecule has 17 heavy (non-hydrogen) atoms. The van der Waals surface area contributed by atoms with Crippen molar-refractivity contribution < 1.29 is 0 Å². The van der Waals surface area contributed by atoms with Gasteiger partial charge in [-0.3, -0.25) is 4.57 Å². The van der Waals surface area contributed by atoms with Crippen molar-refractivity contribution in [3.63, 3.8) is 0 Å². The molecule has 3 N–H and O–H groups in total. The Morgan fingerprint density at radius 3 is 2.88 bits per heavy atom. The van der Waals surface area contributed by atoms with Crippen molar-refractivity contribution in [2.75, 3.05) is 6.54 Å². The van der Waals surface area contributed by atoms with Gasteiger partial charge < -0.3 is 10.7 Å². The number of aromatic nitrogens is 2. The van der Waals surface area contributed by atoms with Crippen LogP contribution in [0.1, 0.15) is 25.5 Å². The van der Waals surface area contributed by atoms with Gasteiger partial charge in [0.2, 0.25) is 0 Å². The van der Waals surface area contributed by atoms with Crippen LogP contribution in [0.3, 0.4) is 0 Å². The average Bonchev–Trinajstić information content (AvgIpc) is 2.61. The van der Waals surface area contributed by atoms with Crippen LogP contribution in [-0.4, -0.2) is 16.1 Å². The van der Waals surface area contributed by atoms with Gasteiger partial charge in [-0.05, 0) is 31.5 Å². The molecule has 0 aliphatic carbocycles. The smallest absolute Gasteiger partial charge is 0.326 e. The molecule has 4 heteroatoms. The molecule has 0 aliphatic rings. The molecule has 2 aromatic rings. The number of nitrogens with one attached hydrogen (secondary N) is 1. The monoisotopic (exact) mass is 231 g/mol. The second-order valence-electron chi connectivity index (χ2n) is 4.31. The molecule has 0 bridgehead atoms. The van der Waals surface area contributed by atoms with Gasteiger partial charge in [-0.15, -0.1) is 0 Å². The van der Waals surface area contributed by atoms with Crippen LogP contribution in [0.15, 0.2) is 29.1 Å². The van der Waals surface area contributed by atoms with E-state index in [0.717, 1.165) is 16.6 Å². The molecule has 1 heterocycles. The van der Waals surface area contributed by atoms with E-state index in [-0.39, 0.29) is 11.7 Å². The lowest BCUT2D eigenvalue weighted by Crippen LogP contribution is -2.18. The van der Waals surface area contributed by atoms with Crippen LogP contribution in [0.5, 0.6) is 0 Å². The Kier molecular flexibility index (Phi) is 3.15. The van der Waals surface area contributed by atoms with Crippen LogP contribution in [-0.2, 0) is 0 Å². The van der Waals surface area contributed by atoms with Crippen molar-refractivity contribution in [1.29, 1.82) is 0 Å². The summed E-state index contributed by atoms with van der Waals surface area (Å²) in [5, 5.41) is 0. The summed E-state index contributed by atoms with van der Waals surface area (Å²) in [6.45, 7) is 4.51. The predicted octanol–water partition coefficient (Wildman–Crippen LogP) is 1.88. The van der Waals surface area contributed by atoms with E-state index in [4.69, 9.17) is 5.73 Å². The van der Waals surface area contributed by atoms with Crippen molar-refractivity contribution in [3.8, 4) is 0 Å². The number of imidazole rings is 1. The summed E-state index contributed by atoms with van der Waals surface area (Å²) in [4.78, 5) is 14.6. The zero-order chi connectivity index (χ0) is 12.4. The quantitative estimate of drug-likeness (QED) is 0.847. The maximum absolute atomic E-state index is 11.8. The number of aromatic amines is 1. The topological polar surface area (TPSA) is 63.8 Å². The van der Waals surface area contributed by atoms with E-state index >= 15 is 0 Å². The Morgan fingerprint density at radius 2 is 2.24 bits per heavy atom. The lowest BCUT2D eigenvalue weighted by Gasteiger charge is -2.06. The minimum atomic E-state index is -0.0602. The van der Waals surface area contributed by atoms with Gasteiger partial charge >= 0.3 is 5.69 Å². The third kappa shape index (κ3) is 2.17. The van der Waals surface area contributed by atoms with Crippen molar-refractivity contribution >= 4 is 17.1 Å². The van der Waals surface area contributed by atoms with Gasteiger partial charge in [0.15, 0.2) is 0 Å². The average molecular weight is 231 g/mol. The number of nitrogens with zero attached hydrogens (tertiary/aromatic N) is 1. The minimum absolute atomic E-state index is 0.0602. The maximum atomic E-state index is 11.8. The Hall–Kier alpha value is -1.81. The first-order valence-corrected chi connectivity index (χ1v) is 5.74. The highest BCUT2D eigenvalue weighted by molar-refractivity contribution is 5.78. The van der Waals surface area contributed by atoms with E-state index in [1.54, 1.807) is 4.57 Å². The first kappa shape index (κ1) is 11.7. The summed E-state index contributed by atoms with van der Waals surface area (Å²) in [5.74, 6) is 0. The van der Waals surface area contributed by atoms with Gasteiger partial charge in [-0.1, -0.05) is 18.2 Å². The largest absolute Gasteiger partial charge is 0.327 e. The lowest BCUT2D eigenvalue weighted by molar-refractivity contribution is 0.598. The molecule has 0 radical (unpaired) electrons. The Bertz CT molecular complexity index is 605. The molecule has 1 aromatic carbocycles. The van der Waals surface area contributed by atoms with Crippen LogP contribution < -0.4 is 11.4 Å². The highest BCUT2D eigenvalue weighted by Crippen LogP contribution is 2.16. The van der Waals surface area contributed by atoms with Gasteiger partial charge in [-0.25, -0.2) is 4.79 Å². The van der Waals surface area contributed by atoms with Crippen molar-refractivity contribution in [2.24, 2.45) is 5.73 Å². The number of rotatable bonds is 3. The summed E-state index contributed by atoms with van der Waals surface area (Å²) < 4.78 is 1.76. The number of fused-ring (bicyclic) bond motifs is 1. The molecule has 0 amide bonds. The molecule has 0 spiro atoms. The summed E-state index contributed by atoms with van der Waals surface area (Å²) in [6, 6.07) is 6.06. The molecular formula is C13H17N3O. The van der Waals surface area contributed by atoms with Gasteiger partial charge in [0.05, 0.1) is 11.0 Å². The highest BCUT2D eigenvalue weighted by atomic mass is 16.1. The number of hydrogen-bond donors (Lipinski definition) is 2. The molecular weight excluding hydrogens is 214 g/mol. The second-order valence-corrected chi connectivity index (χ2v) is 4.31. The first-order chi connectivity index (χ1) is 8.13. The standard InChI is InChI=1S/C13H17N3O/c1-9(2)16-12-6-5-10(4-3-7-14)8-11(12)15-13(16)17/h3-6,8-9H,7,14H2,1-2H3,(H,15,17)/b4-3+. The third-order valence-corrected chi connectivity index (χ3v) is 2.70. The summed E-state index contributed by atoms with van der Waals surface area (Å²) >= 11 is 0. The van der Waals surface area contributed by atoms with Gasteiger partial charge in [0, 0.05) is 12.6 Å². The lowest BCUT2D eigenvalue weighted by atomic mass is 10.2. The van der Waals surface area contributed by atoms with Crippen LogP contribution in [0.25, 0.3) is 17.1 Å². The Morgan fingerprint density at radius 1 is 1.47 bits per heavy atom. The zero-order valence-corrected chi connectivity index (χ0v) is 10.1. The zero-order valence-electron chi connectivity index (χ0n) is 10.1. The van der Waals surface area contributed by atoms with Gasteiger partial charge in [0.1, 0.15) is 0 Å². The van der Waals surface area contributed by atoms with Crippen molar-refractivity contribution in [3.05, 3.63) is 40.3 Å². The van der Waals surface area contributed by atoms with Gasteiger partial charge in [0.25, 0.3) is 0 Å². The van der Waals surface area contributed by atoms with E-state index < -0.39 is 0 Å². The summed E-state index contributed by atoms with van der Waals surface area (Å²) in [5.41, 5.74) is 8.19. The molecule has 90 valence electrons. The molecule has 1 aromatic heterocycles. The number of H-pyrrole nitrogens is 1. The van der Waals surface area contributed by atoms with Crippen LogP contribution >= 0.6 is 0 Å². The maximum Gasteiger partial charge on any atom is 0.326 e. The molecule has 0 atom stereocenters. The molecule has 4 nitrogen and oxygen atoms in total.